The van der Waals surface area contributed by atoms with Crippen molar-refractivity contribution in [2.75, 3.05) is 19.5 Å². The van der Waals surface area contributed by atoms with Gasteiger partial charge in [-0.05, 0) is 12.1 Å². The highest BCUT2D eigenvalue weighted by molar-refractivity contribution is 7.98. The molecule has 0 aliphatic carbocycles. The molecule has 2 heterocycles. The van der Waals surface area contributed by atoms with Crippen molar-refractivity contribution in [3.8, 4) is 11.5 Å². The lowest BCUT2D eigenvalue weighted by Crippen LogP contribution is -2.16. The van der Waals surface area contributed by atoms with Crippen molar-refractivity contribution in [2.24, 2.45) is 7.05 Å². The molecule has 0 bridgehead atoms. The third-order valence-corrected chi connectivity index (χ3v) is 4.57. The van der Waals surface area contributed by atoms with Crippen LogP contribution >= 0.6 is 11.8 Å². The third kappa shape index (κ3) is 2.52. The van der Waals surface area contributed by atoms with Crippen LogP contribution < -0.4 is 14.8 Å². The molecule has 0 unspecified atom stereocenters. The Balaban J connectivity index is 1.89. The Morgan fingerprint density at radius 1 is 1.32 bits per heavy atom. The minimum absolute atomic E-state index is 0.220. The lowest BCUT2D eigenvalue weighted by molar-refractivity contribution is 0.102. The van der Waals surface area contributed by atoms with Crippen molar-refractivity contribution in [3.05, 3.63) is 35.0 Å². The summed E-state index contributed by atoms with van der Waals surface area (Å²) >= 11 is 1.80. The number of rotatable bonds is 4. The van der Waals surface area contributed by atoms with Gasteiger partial charge in [0.1, 0.15) is 17.3 Å². The number of methoxy groups -OCH3 is 2. The summed E-state index contributed by atoms with van der Waals surface area (Å²) in [6.07, 6.45) is 0. The van der Waals surface area contributed by atoms with Gasteiger partial charge in [-0.2, -0.15) is 16.9 Å². The van der Waals surface area contributed by atoms with E-state index in [4.69, 9.17) is 9.47 Å². The third-order valence-electron chi connectivity index (χ3n) is 3.60. The van der Waals surface area contributed by atoms with Gasteiger partial charge in [0.25, 0.3) is 5.91 Å². The van der Waals surface area contributed by atoms with E-state index in [1.807, 2.05) is 7.05 Å². The van der Waals surface area contributed by atoms with Crippen LogP contribution in [0.2, 0.25) is 0 Å². The fourth-order valence-corrected chi connectivity index (χ4v) is 3.49. The number of carbonyl (C=O) groups is 1. The highest BCUT2D eigenvalue weighted by atomic mass is 32.2. The van der Waals surface area contributed by atoms with Crippen LogP contribution in [0, 0.1) is 0 Å². The van der Waals surface area contributed by atoms with Gasteiger partial charge in [-0.25, -0.2) is 0 Å². The normalized spacial score (nSPS) is 12.9. The molecule has 0 saturated carbocycles. The predicted octanol–water partition coefficient (Wildman–Crippen LogP) is 2.44. The van der Waals surface area contributed by atoms with Gasteiger partial charge in [0.05, 0.1) is 25.5 Å². The Bertz CT molecular complexity index is 727. The topological polar surface area (TPSA) is 65.4 Å². The summed E-state index contributed by atoms with van der Waals surface area (Å²) in [7, 11) is 4.94. The Morgan fingerprint density at radius 3 is 2.86 bits per heavy atom. The zero-order valence-corrected chi connectivity index (χ0v) is 13.5. The van der Waals surface area contributed by atoms with Crippen LogP contribution in [0.1, 0.15) is 21.6 Å². The molecule has 1 aromatic carbocycles. The van der Waals surface area contributed by atoms with Gasteiger partial charge in [0.2, 0.25) is 0 Å². The van der Waals surface area contributed by atoms with E-state index in [0.717, 1.165) is 28.6 Å². The summed E-state index contributed by atoms with van der Waals surface area (Å²) in [5.74, 6) is 3.42. The Kier molecular flexibility index (Phi) is 3.98. The first-order valence-corrected chi connectivity index (χ1v) is 7.95. The molecule has 6 nitrogen and oxygen atoms in total. The number of thioether (sulfide) groups is 1. The average Bonchev–Trinajstić information content (AvgIpc) is 3.09. The molecule has 22 heavy (non-hydrogen) atoms. The van der Waals surface area contributed by atoms with Crippen molar-refractivity contribution >= 4 is 23.5 Å². The first kappa shape index (κ1) is 14.8. The van der Waals surface area contributed by atoms with Crippen LogP contribution in [-0.2, 0) is 18.6 Å². The average molecular weight is 319 g/mol. The highest BCUT2D eigenvalue weighted by Crippen LogP contribution is 2.34. The fraction of sp³-hybridized carbons (Fsp3) is 0.333. The van der Waals surface area contributed by atoms with Crippen LogP contribution in [0.25, 0.3) is 0 Å². The number of benzene rings is 1. The number of nitrogens with zero attached hydrogens (tertiary/aromatic N) is 2. The Hall–Kier alpha value is -2.15. The van der Waals surface area contributed by atoms with Crippen molar-refractivity contribution in [1.82, 2.24) is 9.78 Å². The maximum Gasteiger partial charge on any atom is 0.260 e. The number of aryl methyl sites for hydroxylation is 1. The van der Waals surface area contributed by atoms with Gasteiger partial charge < -0.3 is 14.8 Å². The van der Waals surface area contributed by atoms with Crippen molar-refractivity contribution in [1.29, 1.82) is 0 Å². The first-order valence-electron chi connectivity index (χ1n) is 6.80. The number of nitrogens with one attached hydrogen (secondary N) is 1. The van der Waals surface area contributed by atoms with Crippen molar-refractivity contribution in [2.45, 2.75) is 11.5 Å². The molecule has 1 amide bonds. The number of ether oxygens (including phenoxy) is 2. The molecule has 1 aromatic heterocycles. The summed E-state index contributed by atoms with van der Waals surface area (Å²) in [6, 6.07) is 5.12. The molecule has 0 radical (unpaired) electrons. The van der Waals surface area contributed by atoms with Crippen LogP contribution in [0.5, 0.6) is 11.5 Å². The van der Waals surface area contributed by atoms with E-state index >= 15 is 0 Å². The number of carbonyl (C=O) groups excluding carboxylic acids is 1. The minimum atomic E-state index is -0.220. The molecule has 1 aliphatic heterocycles. The lowest BCUT2D eigenvalue weighted by atomic mass is 10.1. The number of hydrogen-bond donors (Lipinski definition) is 1. The predicted molar refractivity (Wildman–Crippen MR) is 85.7 cm³/mol. The summed E-state index contributed by atoms with van der Waals surface area (Å²) in [6.45, 7) is 0. The molecule has 1 aliphatic rings. The fourth-order valence-electron chi connectivity index (χ4n) is 2.46. The molecular formula is C15H17N3O3S. The number of fused-ring (bicyclic) bond motifs is 1. The van der Waals surface area contributed by atoms with E-state index in [1.165, 1.54) is 7.11 Å². The second kappa shape index (κ2) is 5.92. The molecule has 0 fully saturated rings. The monoisotopic (exact) mass is 319 g/mol. The molecule has 0 saturated heterocycles. The molecule has 1 N–H and O–H groups in total. The van der Waals surface area contributed by atoms with E-state index in [1.54, 1.807) is 41.8 Å². The lowest BCUT2D eigenvalue weighted by Gasteiger charge is -2.11. The molecule has 0 spiro atoms. The van der Waals surface area contributed by atoms with Crippen LogP contribution in [0.4, 0.5) is 5.82 Å². The van der Waals surface area contributed by atoms with Gasteiger partial charge in [-0.1, -0.05) is 0 Å². The van der Waals surface area contributed by atoms with E-state index in [-0.39, 0.29) is 5.91 Å². The van der Waals surface area contributed by atoms with Gasteiger partial charge in [-0.15, -0.1) is 0 Å². The number of aromatic nitrogens is 2. The quantitative estimate of drug-likeness (QED) is 0.937. The SMILES string of the molecule is COc1ccc(C(=O)Nc2c3c(nn2C)CSC3)c(OC)c1. The summed E-state index contributed by atoms with van der Waals surface area (Å²) in [5, 5.41) is 7.38. The van der Waals surface area contributed by atoms with E-state index in [0.29, 0.717) is 17.1 Å². The van der Waals surface area contributed by atoms with E-state index in [2.05, 4.69) is 10.4 Å². The summed E-state index contributed by atoms with van der Waals surface area (Å²) in [4.78, 5) is 12.6. The summed E-state index contributed by atoms with van der Waals surface area (Å²) in [5.41, 5.74) is 2.61. The molecule has 0 atom stereocenters. The smallest absolute Gasteiger partial charge is 0.260 e. The Labute approximate surface area is 132 Å². The van der Waals surface area contributed by atoms with Gasteiger partial charge in [0.15, 0.2) is 0 Å². The number of amides is 1. The zero-order valence-electron chi connectivity index (χ0n) is 12.7. The largest absolute Gasteiger partial charge is 0.497 e. The van der Waals surface area contributed by atoms with Crippen LogP contribution in [0.15, 0.2) is 18.2 Å². The second-order valence-electron chi connectivity index (χ2n) is 4.91. The zero-order chi connectivity index (χ0) is 15.7. The molecule has 116 valence electrons. The van der Waals surface area contributed by atoms with Crippen molar-refractivity contribution < 1.29 is 14.3 Å². The Morgan fingerprint density at radius 2 is 2.14 bits per heavy atom. The highest BCUT2D eigenvalue weighted by Gasteiger charge is 2.23. The van der Waals surface area contributed by atoms with Gasteiger partial charge in [-0.3, -0.25) is 9.48 Å². The number of hydrogen-bond acceptors (Lipinski definition) is 5. The molecule has 3 rings (SSSR count). The number of anilines is 1. The van der Waals surface area contributed by atoms with Crippen molar-refractivity contribution in [3.63, 3.8) is 0 Å². The standard InChI is InChI=1S/C15H17N3O3S/c1-18-14(11-7-22-8-12(11)17-18)16-15(19)10-5-4-9(20-2)6-13(10)21-3/h4-6H,7-8H2,1-3H3,(H,16,19). The maximum atomic E-state index is 12.6. The van der Waals surface area contributed by atoms with E-state index < -0.39 is 0 Å². The molecule has 2 aromatic rings. The van der Waals surface area contributed by atoms with E-state index in [9.17, 15) is 4.79 Å². The van der Waals surface area contributed by atoms with Crippen LogP contribution in [-0.4, -0.2) is 29.9 Å². The van der Waals surface area contributed by atoms with Crippen LogP contribution in [0.3, 0.4) is 0 Å². The molecule has 7 heteroatoms. The minimum Gasteiger partial charge on any atom is -0.497 e. The second-order valence-corrected chi connectivity index (χ2v) is 5.90. The van der Waals surface area contributed by atoms with Gasteiger partial charge in [0, 0.05) is 30.2 Å². The molecular weight excluding hydrogens is 302 g/mol. The maximum absolute atomic E-state index is 12.6. The first-order chi connectivity index (χ1) is 10.6. The van der Waals surface area contributed by atoms with Gasteiger partial charge >= 0.3 is 0 Å². The summed E-state index contributed by atoms with van der Waals surface area (Å²) < 4.78 is 12.2.